The Kier molecular flexibility index (Phi) is 8.29. The third-order valence-electron chi connectivity index (χ3n) is 3.13. The van der Waals surface area contributed by atoms with Crippen LogP contribution in [0.4, 0.5) is 0 Å². The second-order valence-electron chi connectivity index (χ2n) is 4.63. The maximum Gasteiger partial charge on any atom is 1.00 e. The van der Waals surface area contributed by atoms with Crippen molar-refractivity contribution >= 4 is 32.5 Å². The first kappa shape index (κ1) is 21.5. The fourth-order valence-corrected chi connectivity index (χ4v) is 2.61. The van der Waals surface area contributed by atoms with Gasteiger partial charge in [0.05, 0.1) is 0 Å². The summed E-state index contributed by atoms with van der Waals surface area (Å²) in [6, 6.07) is 14.3. The van der Waals surface area contributed by atoms with Crippen molar-refractivity contribution in [2.45, 2.75) is 0 Å². The average Bonchev–Trinajstić information content (AvgIpc) is 2.51. The summed E-state index contributed by atoms with van der Waals surface area (Å²) in [6.45, 7) is 3.24. The molecule has 3 rings (SSSR count). The Balaban J connectivity index is 0.00000144. The first-order valence-corrected chi connectivity index (χ1v) is 7.25. The second kappa shape index (κ2) is 9.25. The summed E-state index contributed by atoms with van der Waals surface area (Å²) in [4.78, 5) is 3.99. The predicted octanol–water partition coefficient (Wildman–Crippen LogP) is -2.80. The van der Waals surface area contributed by atoms with E-state index in [4.69, 9.17) is 4.74 Å². The standard InChI is InChI=1S/C17H12BrNO3.2Na/c1-10(20)15-16(21)13-8-7-12(9-14(13)17(18)19-15)22-11-5-3-2-4-6-11;;/h2-9,20-21H,1H2;;/q;2*+1/p-2. The van der Waals surface area contributed by atoms with Gasteiger partial charge in [-0.2, -0.15) is 0 Å². The number of para-hydroxylation sites is 1. The van der Waals surface area contributed by atoms with Gasteiger partial charge in [0.25, 0.3) is 0 Å². The number of benzene rings is 2. The number of fused-ring (bicyclic) bond motifs is 1. The van der Waals surface area contributed by atoms with E-state index in [1.54, 1.807) is 18.2 Å². The minimum absolute atomic E-state index is 0. The molecule has 1 heterocycles. The van der Waals surface area contributed by atoms with Gasteiger partial charge in [-0.3, -0.25) is 0 Å². The van der Waals surface area contributed by atoms with Crippen molar-refractivity contribution in [3.05, 3.63) is 65.4 Å². The molecule has 0 N–H and O–H groups in total. The minimum atomic E-state index is -0.600. The summed E-state index contributed by atoms with van der Waals surface area (Å²) in [6.07, 6.45) is 0. The molecule has 0 saturated heterocycles. The molecule has 3 aromatic rings. The van der Waals surface area contributed by atoms with Gasteiger partial charge in [-0.1, -0.05) is 35.8 Å². The zero-order chi connectivity index (χ0) is 15.7. The molecule has 0 unspecified atom stereocenters. The molecule has 0 aliphatic carbocycles. The molecule has 4 nitrogen and oxygen atoms in total. The largest absolute Gasteiger partial charge is 1.00 e. The van der Waals surface area contributed by atoms with E-state index in [0.717, 1.165) is 0 Å². The molecule has 0 aliphatic heterocycles. The third-order valence-corrected chi connectivity index (χ3v) is 3.73. The van der Waals surface area contributed by atoms with Crippen molar-refractivity contribution < 1.29 is 74.1 Å². The fraction of sp³-hybridized carbons (Fsp3) is 0. The van der Waals surface area contributed by atoms with Gasteiger partial charge < -0.3 is 14.9 Å². The third kappa shape index (κ3) is 4.55. The van der Waals surface area contributed by atoms with E-state index in [0.29, 0.717) is 26.9 Å². The van der Waals surface area contributed by atoms with Crippen LogP contribution in [0.5, 0.6) is 17.2 Å². The van der Waals surface area contributed by atoms with E-state index >= 15 is 0 Å². The molecular formula is C17H10BrNNa2O3. The first-order valence-electron chi connectivity index (χ1n) is 6.45. The molecule has 7 heteroatoms. The zero-order valence-electron chi connectivity index (χ0n) is 13.4. The van der Waals surface area contributed by atoms with E-state index in [1.165, 1.54) is 0 Å². The van der Waals surface area contributed by atoms with Crippen LogP contribution < -0.4 is 74.1 Å². The van der Waals surface area contributed by atoms with Crippen LogP contribution in [-0.4, -0.2) is 4.98 Å². The predicted molar refractivity (Wildman–Crippen MR) is 84.4 cm³/mol. The Hall–Kier alpha value is -0.530. The average molecular weight is 402 g/mol. The second-order valence-corrected chi connectivity index (χ2v) is 5.38. The number of nitrogens with zero attached hydrogens (tertiary/aromatic N) is 1. The number of pyridine rings is 1. The van der Waals surface area contributed by atoms with Crippen LogP contribution in [0.25, 0.3) is 16.5 Å². The molecule has 0 fully saturated rings. The maximum absolute atomic E-state index is 12.2. The van der Waals surface area contributed by atoms with Crippen molar-refractivity contribution in [2.75, 3.05) is 0 Å². The zero-order valence-corrected chi connectivity index (χ0v) is 19.0. The van der Waals surface area contributed by atoms with Gasteiger partial charge in [0.15, 0.2) is 0 Å². The Bertz CT molecular complexity index is 873. The monoisotopic (exact) mass is 401 g/mol. The van der Waals surface area contributed by atoms with Crippen LogP contribution >= 0.6 is 15.9 Å². The van der Waals surface area contributed by atoms with Gasteiger partial charge in [0.2, 0.25) is 0 Å². The van der Waals surface area contributed by atoms with E-state index in [9.17, 15) is 10.2 Å². The Morgan fingerprint density at radius 1 is 1.00 bits per heavy atom. The molecule has 0 aliphatic rings. The van der Waals surface area contributed by atoms with Crippen molar-refractivity contribution in [3.63, 3.8) is 0 Å². The van der Waals surface area contributed by atoms with E-state index in [-0.39, 0.29) is 64.8 Å². The van der Waals surface area contributed by atoms with E-state index in [1.807, 2.05) is 30.3 Å². The van der Waals surface area contributed by atoms with Crippen molar-refractivity contribution in [1.82, 2.24) is 4.98 Å². The van der Waals surface area contributed by atoms with Gasteiger partial charge in [-0.25, -0.2) is 4.98 Å². The number of halogens is 1. The molecule has 0 saturated carbocycles. The van der Waals surface area contributed by atoms with Crippen LogP contribution in [0.3, 0.4) is 0 Å². The number of aromatic nitrogens is 1. The van der Waals surface area contributed by atoms with Crippen LogP contribution in [0.1, 0.15) is 5.69 Å². The van der Waals surface area contributed by atoms with E-state index in [2.05, 4.69) is 27.5 Å². The number of rotatable bonds is 3. The van der Waals surface area contributed by atoms with Gasteiger partial charge in [0, 0.05) is 11.1 Å². The number of hydrogen-bond donors (Lipinski definition) is 0. The van der Waals surface area contributed by atoms with Gasteiger partial charge >= 0.3 is 59.1 Å². The minimum Gasteiger partial charge on any atom is -0.871 e. The number of ether oxygens (including phenoxy) is 1. The smallest absolute Gasteiger partial charge is 0.871 e. The van der Waals surface area contributed by atoms with Crippen LogP contribution in [-0.2, 0) is 0 Å². The Morgan fingerprint density at radius 3 is 2.29 bits per heavy atom. The first-order chi connectivity index (χ1) is 10.6. The Labute approximate surface area is 192 Å². The SMILES string of the molecule is C=C([O-])c1nc(Br)c2cc(Oc3ccccc3)ccc2c1[O-].[Na+].[Na+]. The summed E-state index contributed by atoms with van der Waals surface area (Å²) in [5, 5.41) is 24.5. The van der Waals surface area contributed by atoms with Crippen molar-refractivity contribution in [3.8, 4) is 17.2 Å². The molecular weight excluding hydrogens is 392 g/mol. The summed E-state index contributed by atoms with van der Waals surface area (Å²) in [5.41, 5.74) is -0.170. The number of hydrogen-bond acceptors (Lipinski definition) is 4. The summed E-state index contributed by atoms with van der Waals surface area (Å²) < 4.78 is 6.14. The fourth-order valence-electron chi connectivity index (χ4n) is 2.11. The molecule has 110 valence electrons. The van der Waals surface area contributed by atoms with Crippen molar-refractivity contribution in [1.29, 1.82) is 0 Å². The maximum atomic E-state index is 12.2. The topological polar surface area (TPSA) is 68.2 Å². The normalized spacial score (nSPS) is 9.71. The molecule has 1 aromatic heterocycles. The summed E-state index contributed by atoms with van der Waals surface area (Å²) >= 11 is 3.28. The Morgan fingerprint density at radius 2 is 1.67 bits per heavy atom. The van der Waals surface area contributed by atoms with Crippen molar-refractivity contribution in [2.24, 2.45) is 0 Å². The molecule has 24 heavy (non-hydrogen) atoms. The quantitative estimate of drug-likeness (QED) is 0.270. The molecule has 0 radical (unpaired) electrons. The van der Waals surface area contributed by atoms with Gasteiger partial charge in [-0.05, 0) is 45.6 Å². The van der Waals surface area contributed by atoms with Gasteiger partial charge in [0.1, 0.15) is 16.1 Å². The molecule has 0 atom stereocenters. The van der Waals surface area contributed by atoms with E-state index < -0.39 is 11.5 Å². The molecule has 0 amide bonds. The summed E-state index contributed by atoms with van der Waals surface area (Å²) in [7, 11) is 0. The summed E-state index contributed by atoms with van der Waals surface area (Å²) in [5.74, 6) is 0.244. The molecule has 2 aromatic carbocycles. The van der Waals surface area contributed by atoms with Crippen LogP contribution in [0.2, 0.25) is 0 Å². The van der Waals surface area contributed by atoms with Crippen LogP contribution in [0, 0.1) is 0 Å². The molecule has 0 spiro atoms. The molecule has 0 bridgehead atoms. The van der Waals surface area contributed by atoms with Gasteiger partial charge in [-0.15, -0.1) is 6.58 Å². The van der Waals surface area contributed by atoms with Crippen LogP contribution in [0.15, 0.2) is 59.7 Å².